The van der Waals surface area contributed by atoms with E-state index in [1.54, 1.807) is 0 Å². The van der Waals surface area contributed by atoms with E-state index in [-0.39, 0.29) is 0 Å². The van der Waals surface area contributed by atoms with Crippen molar-refractivity contribution < 1.29 is 4.74 Å². The van der Waals surface area contributed by atoms with E-state index < -0.39 is 0 Å². The van der Waals surface area contributed by atoms with Gasteiger partial charge in [0.25, 0.3) is 0 Å². The Kier molecular flexibility index (Phi) is 5.48. The van der Waals surface area contributed by atoms with E-state index in [2.05, 4.69) is 33.6 Å². The Bertz CT molecular complexity index is 773. The molecular formula is C22H32N4O. The normalized spacial score (nSPS) is 18.7. The van der Waals surface area contributed by atoms with E-state index in [4.69, 9.17) is 9.84 Å². The van der Waals surface area contributed by atoms with Crippen LogP contribution in [0.4, 0.5) is 5.69 Å². The summed E-state index contributed by atoms with van der Waals surface area (Å²) in [7, 11) is 1.82. The molecule has 4 rings (SSSR count). The van der Waals surface area contributed by atoms with Crippen molar-refractivity contribution in [1.82, 2.24) is 14.8 Å². The lowest BCUT2D eigenvalue weighted by atomic mass is 9.82. The average Bonchev–Trinajstić information content (AvgIpc) is 3.00. The number of aromatic nitrogens is 3. The zero-order valence-electron chi connectivity index (χ0n) is 16.9. The Balaban J connectivity index is 1.71. The predicted molar refractivity (Wildman–Crippen MR) is 109 cm³/mol. The third-order valence-electron chi connectivity index (χ3n) is 6.26. The predicted octanol–water partition coefficient (Wildman–Crippen LogP) is 4.27. The lowest BCUT2D eigenvalue weighted by Gasteiger charge is -2.35. The molecule has 1 saturated heterocycles. The van der Waals surface area contributed by atoms with Crippen LogP contribution in [0, 0.1) is 12.8 Å². The van der Waals surface area contributed by atoms with Crippen LogP contribution in [0.25, 0.3) is 5.69 Å². The Labute approximate surface area is 162 Å². The van der Waals surface area contributed by atoms with Gasteiger partial charge in [-0.05, 0) is 57.1 Å². The van der Waals surface area contributed by atoms with E-state index in [1.807, 2.05) is 20.2 Å². The topological polar surface area (TPSA) is 43.2 Å². The number of hydrogen-bond donors (Lipinski definition) is 0. The van der Waals surface area contributed by atoms with Crippen LogP contribution in [0.2, 0.25) is 0 Å². The van der Waals surface area contributed by atoms with Gasteiger partial charge in [-0.2, -0.15) is 5.10 Å². The van der Waals surface area contributed by atoms with E-state index in [9.17, 15) is 0 Å². The highest BCUT2D eigenvalue weighted by atomic mass is 16.5. The molecule has 0 spiro atoms. The second-order valence-electron chi connectivity index (χ2n) is 8.11. The zero-order chi connectivity index (χ0) is 18.8. The first-order valence-corrected chi connectivity index (χ1v) is 10.5. The minimum absolute atomic E-state index is 0.631. The quantitative estimate of drug-likeness (QED) is 0.764. The van der Waals surface area contributed by atoms with E-state index >= 15 is 0 Å². The van der Waals surface area contributed by atoms with Gasteiger partial charge in [-0.3, -0.25) is 4.98 Å². The van der Waals surface area contributed by atoms with Gasteiger partial charge in [0.15, 0.2) is 0 Å². The van der Waals surface area contributed by atoms with Gasteiger partial charge < -0.3 is 9.64 Å². The SMILES string of the molecule is CCc1c(N2CCC(COC)CC2)c(C2CCC2)nn1-c1ccnc(C)c1. The second kappa shape index (κ2) is 8.01. The molecule has 5 nitrogen and oxygen atoms in total. The summed E-state index contributed by atoms with van der Waals surface area (Å²) in [4.78, 5) is 6.97. The van der Waals surface area contributed by atoms with Gasteiger partial charge in [-0.25, -0.2) is 4.68 Å². The summed E-state index contributed by atoms with van der Waals surface area (Å²) in [5.74, 6) is 1.33. The van der Waals surface area contributed by atoms with Gasteiger partial charge in [0.1, 0.15) is 0 Å². The Morgan fingerprint density at radius 3 is 2.56 bits per heavy atom. The number of hydrogen-bond acceptors (Lipinski definition) is 4. The molecule has 2 aliphatic rings. The number of nitrogens with zero attached hydrogens (tertiary/aromatic N) is 4. The van der Waals surface area contributed by atoms with Crippen LogP contribution in [0.5, 0.6) is 0 Å². The van der Waals surface area contributed by atoms with Gasteiger partial charge in [-0.1, -0.05) is 13.3 Å². The molecule has 0 atom stereocenters. The van der Waals surface area contributed by atoms with Crippen LogP contribution >= 0.6 is 0 Å². The van der Waals surface area contributed by atoms with Crippen molar-refractivity contribution in [3.63, 3.8) is 0 Å². The van der Waals surface area contributed by atoms with E-state index in [1.165, 1.54) is 49.2 Å². The van der Waals surface area contributed by atoms with Crippen molar-refractivity contribution in [1.29, 1.82) is 0 Å². The molecule has 1 saturated carbocycles. The van der Waals surface area contributed by atoms with Crippen LogP contribution in [0.15, 0.2) is 18.3 Å². The molecule has 1 aliphatic carbocycles. The molecular weight excluding hydrogens is 336 g/mol. The zero-order valence-corrected chi connectivity index (χ0v) is 16.9. The van der Waals surface area contributed by atoms with Crippen LogP contribution < -0.4 is 4.90 Å². The van der Waals surface area contributed by atoms with Crippen LogP contribution in [0.3, 0.4) is 0 Å². The Morgan fingerprint density at radius 2 is 1.96 bits per heavy atom. The first-order valence-electron chi connectivity index (χ1n) is 10.5. The summed E-state index contributed by atoms with van der Waals surface area (Å²) in [5.41, 5.74) is 6.29. The van der Waals surface area contributed by atoms with Crippen LogP contribution in [-0.2, 0) is 11.2 Å². The molecule has 0 aromatic carbocycles. The maximum atomic E-state index is 5.39. The number of pyridine rings is 1. The van der Waals surface area contributed by atoms with Crippen molar-refractivity contribution >= 4 is 5.69 Å². The molecule has 5 heteroatoms. The molecule has 2 aromatic rings. The van der Waals surface area contributed by atoms with Gasteiger partial charge in [0.2, 0.25) is 0 Å². The number of ether oxygens (including phenoxy) is 1. The molecule has 0 unspecified atom stereocenters. The summed E-state index contributed by atoms with van der Waals surface area (Å²) in [5, 5.41) is 5.17. The molecule has 0 N–H and O–H groups in total. The van der Waals surface area contributed by atoms with Crippen molar-refractivity contribution in [3.8, 4) is 5.69 Å². The summed E-state index contributed by atoms with van der Waals surface area (Å²) in [6, 6.07) is 4.23. The molecule has 3 heterocycles. The molecule has 146 valence electrons. The lowest BCUT2D eigenvalue weighted by Crippen LogP contribution is -2.36. The smallest absolute Gasteiger partial charge is 0.0896 e. The third-order valence-corrected chi connectivity index (χ3v) is 6.26. The minimum atomic E-state index is 0.631. The molecule has 27 heavy (non-hydrogen) atoms. The Morgan fingerprint density at radius 1 is 1.19 bits per heavy atom. The van der Waals surface area contributed by atoms with Crippen molar-refractivity contribution in [3.05, 3.63) is 35.4 Å². The molecule has 2 fully saturated rings. The van der Waals surface area contributed by atoms with Gasteiger partial charge in [0.05, 0.1) is 22.8 Å². The highest BCUT2D eigenvalue weighted by Crippen LogP contribution is 2.43. The number of piperidine rings is 1. The van der Waals surface area contributed by atoms with E-state index in [0.29, 0.717) is 11.8 Å². The lowest BCUT2D eigenvalue weighted by molar-refractivity contribution is 0.139. The molecule has 0 bridgehead atoms. The second-order valence-corrected chi connectivity index (χ2v) is 8.11. The van der Waals surface area contributed by atoms with Gasteiger partial charge in [-0.15, -0.1) is 0 Å². The van der Waals surface area contributed by atoms with Crippen molar-refractivity contribution in [2.45, 2.75) is 58.3 Å². The molecule has 0 amide bonds. The van der Waals surface area contributed by atoms with Gasteiger partial charge >= 0.3 is 0 Å². The first-order chi connectivity index (χ1) is 13.2. The monoisotopic (exact) mass is 368 g/mol. The van der Waals surface area contributed by atoms with Crippen molar-refractivity contribution in [2.75, 3.05) is 31.7 Å². The minimum Gasteiger partial charge on any atom is -0.384 e. The maximum Gasteiger partial charge on any atom is 0.0896 e. The summed E-state index contributed by atoms with van der Waals surface area (Å²) in [6.07, 6.45) is 9.20. The fourth-order valence-electron chi connectivity index (χ4n) is 4.52. The summed E-state index contributed by atoms with van der Waals surface area (Å²) < 4.78 is 7.58. The van der Waals surface area contributed by atoms with Crippen LogP contribution in [0.1, 0.15) is 62.0 Å². The standard InChI is InChI=1S/C22H32N4O/c1-4-20-22(25-12-9-17(10-13-25)15-27-3)21(18-6-5-7-18)24-26(20)19-8-11-23-16(2)14-19/h8,11,14,17-18H,4-7,9-10,12-13,15H2,1-3H3. The summed E-state index contributed by atoms with van der Waals surface area (Å²) >= 11 is 0. The molecule has 0 radical (unpaired) electrons. The highest BCUT2D eigenvalue weighted by Gasteiger charge is 2.32. The fourth-order valence-corrected chi connectivity index (χ4v) is 4.52. The number of anilines is 1. The van der Waals surface area contributed by atoms with Crippen molar-refractivity contribution in [2.24, 2.45) is 5.92 Å². The molecule has 2 aromatic heterocycles. The number of aryl methyl sites for hydroxylation is 1. The summed E-state index contributed by atoms with van der Waals surface area (Å²) in [6.45, 7) is 7.42. The Hall–Kier alpha value is -1.88. The average molecular weight is 369 g/mol. The number of rotatable bonds is 6. The van der Waals surface area contributed by atoms with E-state index in [0.717, 1.165) is 37.5 Å². The maximum absolute atomic E-state index is 5.39. The first kappa shape index (κ1) is 18.5. The van der Waals surface area contributed by atoms with Crippen LogP contribution in [-0.4, -0.2) is 41.6 Å². The molecule has 1 aliphatic heterocycles. The third kappa shape index (κ3) is 3.62. The van der Waals surface area contributed by atoms with Gasteiger partial charge in [0, 0.05) is 44.6 Å². The largest absolute Gasteiger partial charge is 0.384 e. The highest BCUT2D eigenvalue weighted by molar-refractivity contribution is 5.60. The number of methoxy groups -OCH3 is 1. The fraction of sp³-hybridized carbons (Fsp3) is 0.636.